The second-order valence-corrected chi connectivity index (χ2v) is 8.15. The van der Waals surface area contributed by atoms with Gasteiger partial charge in [-0.25, -0.2) is 9.97 Å². The number of nitrogens with zero attached hydrogens (tertiary/aromatic N) is 2. The highest BCUT2D eigenvalue weighted by molar-refractivity contribution is 7.98. The summed E-state index contributed by atoms with van der Waals surface area (Å²) in [4.78, 5) is 22.3. The maximum Gasteiger partial charge on any atom is 0.255 e. The lowest BCUT2D eigenvalue weighted by Crippen LogP contribution is -2.11. The van der Waals surface area contributed by atoms with Crippen LogP contribution in [0.15, 0.2) is 57.2 Å². The highest BCUT2D eigenvalue weighted by Crippen LogP contribution is 2.24. The molecule has 0 radical (unpaired) electrons. The zero-order valence-corrected chi connectivity index (χ0v) is 16.5. The molecule has 1 amide bonds. The number of aromatic nitrogens is 2. The van der Waals surface area contributed by atoms with Gasteiger partial charge in [0.05, 0.1) is 10.7 Å². The molecule has 0 aliphatic rings. The van der Waals surface area contributed by atoms with Crippen LogP contribution in [0.3, 0.4) is 0 Å². The number of carbonyl (C=O) groups is 1. The summed E-state index contributed by atoms with van der Waals surface area (Å²) in [5.41, 5.74) is 3.83. The highest BCUT2D eigenvalue weighted by Gasteiger charge is 2.09. The monoisotopic (exact) mass is 395 g/mol. The summed E-state index contributed by atoms with van der Waals surface area (Å²) in [6.07, 6.45) is 0. The molecule has 4 rings (SSSR count). The van der Waals surface area contributed by atoms with E-state index in [2.05, 4.69) is 20.7 Å². The van der Waals surface area contributed by atoms with Gasteiger partial charge in [-0.3, -0.25) is 4.79 Å². The number of amides is 1. The average Bonchev–Trinajstić information content (AvgIpc) is 3.24. The Morgan fingerprint density at radius 2 is 1.96 bits per heavy atom. The van der Waals surface area contributed by atoms with Crippen LogP contribution in [0.5, 0.6) is 0 Å². The van der Waals surface area contributed by atoms with Crippen molar-refractivity contribution in [3.63, 3.8) is 0 Å². The van der Waals surface area contributed by atoms with Gasteiger partial charge in [-0.05, 0) is 49.4 Å². The molecule has 0 fully saturated rings. The van der Waals surface area contributed by atoms with E-state index in [9.17, 15) is 4.79 Å². The lowest BCUT2D eigenvalue weighted by atomic mass is 10.2. The van der Waals surface area contributed by atoms with Crippen molar-refractivity contribution in [2.75, 3.05) is 5.32 Å². The molecule has 0 spiro atoms. The number of carbonyl (C=O) groups excluding carboxylic acids is 1. The molecule has 0 aliphatic carbocycles. The fourth-order valence-electron chi connectivity index (χ4n) is 2.66. The molecule has 0 saturated carbocycles. The van der Waals surface area contributed by atoms with Crippen LogP contribution < -0.4 is 5.32 Å². The Hall–Kier alpha value is -2.64. The smallest absolute Gasteiger partial charge is 0.255 e. The number of thioether (sulfide) groups is 1. The Morgan fingerprint density at radius 3 is 2.70 bits per heavy atom. The van der Waals surface area contributed by atoms with Crippen molar-refractivity contribution in [1.82, 2.24) is 9.97 Å². The van der Waals surface area contributed by atoms with Crippen molar-refractivity contribution in [3.8, 4) is 0 Å². The lowest BCUT2D eigenvalue weighted by Gasteiger charge is -2.06. The topological polar surface area (TPSA) is 68.0 Å². The van der Waals surface area contributed by atoms with Gasteiger partial charge in [0.15, 0.2) is 11.5 Å². The fraction of sp³-hybridized carbons (Fsp3) is 0.150. The number of aryl methyl sites for hydroxylation is 2. The van der Waals surface area contributed by atoms with Crippen LogP contribution in [0.1, 0.15) is 27.0 Å². The number of thiazole rings is 1. The predicted molar refractivity (Wildman–Crippen MR) is 110 cm³/mol. The summed E-state index contributed by atoms with van der Waals surface area (Å²) >= 11 is 3.37. The number of nitrogens with one attached hydrogen (secondary N) is 1. The van der Waals surface area contributed by atoms with Crippen molar-refractivity contribution >= 4 is 45.8 Å². The molecular weight excluding hydrogens is 378 g/mol. The summed E-state index contributed by atoms with van der Waals surface area (Å²) in [6.45, 7) is 3.81. The van der Waals surface area contributed by atoms with Gasteiger partial charge in [0.1, 0.15) is 5.52 Å². The molecule has 0 aliphatic heterocycles. The van der Waals surface area contributed by atoms with Gasteiger partial charge >= 0.3 is 0 Å². The largest absolute Gasteiger partial charge is 0.441 e. The molecule has 2 aromatic carbocycles. The first-order valence-electron chi connectivity index (χ1n) is 8.39. The Kier molecular flexibility index (Phi) is 4.96. The number of benzene rings is 2. The highest BCUT2D eigenvalue weighted by atomic mass is 32.2. The summed E-state index contributed by atoms with van der Waals surface area (Å²) in [5, 5.41) is 6.06. The Balaban J connectivity index is 1.40. The maximum absolute atomic E-state index is 12.5. The van der Waals surface area contributed by atoms with Crippen molar-refractivity contribution in [2.45, 2.75) is 24.5 Å². The number of hydrogen-bond donors (Lipinski definition) is 1. The zero-order chi connectivity index (χ0) is 18.8. The van der Waals surface area contributed by atoms with E-state index in [1.54, 1.807) is 30.0 Å². The minimum atomic E-state index is -0.152. The van der Waals surface area contributed by atoms with E-state index in [-0.39, 0.29) is 5.91 Å². The van der Waals surface area contributed by atoms with E-state index < -0.39 is 0 Å². The normalized spacial score (nSPS) is 11.0. The van der Waals surface area contributed by atoms with Gasteiger partial charge in [0.25, 0.3) is 5.91 Å². The Morgan fingerprint density at radius 1 is 1.15 bits per heavy atom. The molecule has 0 atom stereocenters. The summed E-state index contributed by atoms with van der Waals surface area (Å²) in [5.74, 6) is 1.28. The van der Waals surface area contributed by atoms with Crippen molar-refractivity contribution in [2.24, 2.45) is 0 Å². The summed E-state index contributed by atoms with van der Waals surface area (Å²) in [6, 6.07) is 13.0. The Labute approximate surface area is 164 Å². The first-order valence-corrected chi connectivity index (χ1v) is 10.3. The van der Waals surface area contributed by atoms with Gasteiger partial charge in [-0.1, -0.05) is 0 Å². The molecule has 0 bridgehead atoms. The lowest BCUT2D eigenvalue weighted by molar-refractivity contribution is 0.102. The van der Waals surface area contributed by atoms with E-state index in [0.29, 0.717) is 22.7 Å². The maximum atomic E-state index is 12.5. The molecule has 27 heavy (non-hydrogen) atoms. The van der Waals surface area contributed by atoms with Crippen LogP contribution in [0.4, 0.5) is 5.69 Å². The number of rotatable bonds is 5. The number of oxazole rings is 1. The molecule has 4 aromatic rings. The fourth-order valence-corrected chi connectivity index (χ4v) is 4.17. The first kappa shape index (κ1) is 17.8. The number of hydrogen-bond acceptors (Lipinski definition) is 6. The van der Waals surface area contributed by atoms with E-state index in [1.807, 2.05) is 49.4 Å². The van der Waals surface area contributed by atoms with Crippen LogP contribution in [0.25, 0.3) is 11.1 Å². The van der Waals surface area contributed by atoms with Gasteiger partial charge in [-0.2, -0.15) is 0 Å². The minimum Gasteiger partial charge on any atom is -0.441 e. The van der Waals surface area contributed by atoms with Crippen LogP contribution in [0, 0.1) is 13.8 Å². The SMILES string of the molecule is Cc1nc2cc(NC(=O)c3ccc(SCc4csc(C)n4)cc3)ccc2o1. The molecule has 7 heteroatoms. The van der Waals surface area contributed by atoms with Gasteiger partial charge in [-0.15, -0.1) is 23.1 Å². The Bertz CT molecular complexity index is 1100. The molecular formula is C20H17N3O2S2. The molecule has 0 unspecified atom stereocenters. The third-order valence-electron chi connectivity index (χ3n) is 3.92. The zero-order valence-electron chi connectivity index (χ0n) is 14.9. The molecule has 0 saturated heterocycles. The molecule has 1 N–H and O–H groups in total. The van der Waals surface area contributed by atoms with Gasteiger partial charge in [0, 0.05) is 34.2 Å². The standard InChI is InChI=1S/C20H17N3O2S2/c1-12-21-18-9-15(5-8-19(18)25-12)23-20(24)14-3-6-17(7-4-14)27-11-16-10-26-13(2)22-16/h3-10H,11H2,1-2H3,(H,23,24). The number of anilines is 1. The second kappa shape index (κ2) is 7.54. The van der Waals surface area contributed by atoms with E-state index in [4.69, 9.17) is 4.42 Å². The average molecular weight is 396 g/mol. The van der Waals surface area contributed by atoms with E-state index in [1.165, 1.54) is 0 Å². The summed E-state index contributed by atoms with van der Waals surface area (Å²) < 4.78 is 5.45. The third kappa shape index (κ3) is 4.20. The third-order valence-corrected chi connectivity index (χ3v) is 5.79. The minimum absolute atomic E-state index is 0.152. The van der Waals surface area contributed by atoms with Gasteiger partial charge in [0.2, 0.25) is 0 Å². The van der Waals surface area contributed by atoms with Crippen molar-refractivity contribution < 1.29 is 9.21 Å². The molecule has 136 valence electrons. The van der Waals surface area contributed by atoms with Crippen LogP contribution in [-0.2, 0) is 5.75 Å². The molecule has 2 aromatic heterocycles. The van der Waals surface area contributed by atoms with Crippen molar-refractivity contribution in [3.05, 3.63) is 70.0 Å². The molecule has 5 nitrogen and oxygen atoms in total. The van der Waals surface area contributed by atoms with Crippen LogP contribution in [0.2, 0.25) is 0 Å². The second-order valence-electron chi connectivity index (χ2n) is 6.04. The van der Waals surface area contributed by atoms with E-state index >= 15 is 0 Å². The van der Waals surface area contributed by atoms with Crippen LogP contribution in [-0.4, -0.2) is 15.9 Å². The molecule has 2 heterocycles. The van der Waals surface area contributed by atoms with Crippen LogP contribution >= 0.6 is 23.1 Å². The van der Waals surface area contributed by atoms with Crippen molar-refractivity contribution in [1.29, 1.82) is 0 Å². The number of fused-ring (bicyclic) bond motifs is 1. The first-order chi connectivity index (χ1) is 13.1. The quantitative estimate of drug-likeness (QED) is 0.455. The van der Waals surface area contributed by atoms with Gasteiger partial charge < -0.3 is 9.73 Å². The summed E-state index contributed by atoms with van der Waals surface area (Å²) in [7, 11) is 0. The van der Waals surface area contributed by atoms with E-state index in [0.717, 1.165) is 26.9 Å². The predicted octanol–water partition coefficient (Wildman–Crippen LogP) is 5.45.